The highest BCUT2D eigenvalue weighted by Gasteiger charge is 2.33. The molecule has 64 valence electrons. The number of carbonyl (C=O) groups is 1. The van der Waals surface area contributed by atoms with Gasteiger partial charge in [0.2, 0.25) is 0 Å². The van der Waals surface area contributed by atoms with Gasteiger partial charge in [0.15, 0.2) is 0 Å². The molecule has 0 aromatic heterocycles. The standard InChI is InChI=1S/C9H15ClO/c1-2-3-8(6-10)9(11)7-4-5-7/h7-8H,2-6H2,1H3. The molecule has 0 radical (unpaired) electrons. The van der Waals surface area contributed by atoms with Gasteiger partial charge in [-0.15, -0.1) is 11.6 Å². The average Bonchev–Trinajstić information content (AvgIpc) is 2.81. The van der Waals surface area contributed by atoms with Crippen LogP contribution in [-0.2, 0) is 4.79 Å². The summed E-state index contributed by atoms with van der Waals surface area (Å²) in [5, 5.41) is 0. The molecule has 0 heterocycles. The summed E-state index contributed by atoms with van der Waals surface area (Å²) in [6.45, 7) is 2.10. The van der Waals surface area contributed by atoms with E-state index in [4.69, 9.17) is 11.6 Å². The maximum atomic E-state index is 11.4. The molecule has 11 heavy (non-hydrogen) atoms. The molecule has 0 bridgehead atoms. The molecule has 1 saturated carbocycles. The van der Waals surface area contributed by atoms with E-state index in [-0.39, 0.29) is 5.92 Å². The highest BCUT2D eigenvalue weighted by atomic mass is 35.5. The van der Waals surface area contributed by atoms with Crippen LogP contribution in [0.1, 0.15) is 32.6 Å². The summed E-state index contributed by atoms with van der Waals surface area (Å²) in [5.74, 6) is 1.46. The van der Waals surface area contributed by atoms with Crippen molar-refractivity contribution in [1.82, 2.24) is 0 Å². The van der Waals surface area contributed by atoms with Gasteiger partial charge in [0.1, 0.15) is 5.78 Å². The Morgan fingerprint density at radius 3 is 2.64 bits per heavy atom. The van der Waals surface area contributed by atoms with E-state index in [1.165, 1.54) is 0 Å². The van der Waals surface area contributed by atoms with E-state index in [9.17, 15) is 4.79 Å². The van der Waals surface area contributed by atoms with Gasteiger partial charge in [-0.2, -0.15) is 0 Å². The quantitative estimate of drug-likeness (QED) is 0.586. The van der Waals surface area contributed by atoms with E-state index in [1.54, 1.807) is 0 Å². The summed E-state index contributed by atoms with van der Waals surface area (Å²) in [6, 6.07) is 0. The molecule has 1 rings (SSSR count). The van der Waals surface area contributed by atoms with Gasteiger partial charge in [-0.05, 0) is 19.3 Å². The molecular formula is C9H15ClO. The van der Waals surface area contributed by atoms with Crippen molar-refractivity contribution in [3.63, 3.8) is 0 Å². The van der Waals surface area contributed by atoms with Gasteiger partial charge in [0, 0.05) is 17.7 Å². The number of ketones is 1. The summed E-state index contributed by atoms with van der Waals surface area (Å²) >= 11 is 5.69. The lowest BCUT2D eigenvalue weighted by atomic mass is 9.98. The fourth-order valence-electron chi connectivity index (χ4n) is 1.35. The first-order valence-corrected chi connectivity index (χ1v) is 4.92. The Labute approximate surface area is 73.1 Å². The van der Waals surface area contributed by atoms with Crippen LogP contribution in [0, 0.1) is 11.8 Å². The first kappa shape index (κ1) is 9.05. The Hall–Kier alpha value is -0.0400. The third-order valence-electron chi connectivity index (χ3n) is 2.21. The lowest BCUT2D eigenvalue weighted by molar-refractivity contribution is -0.123. The summed E-state index contributed by atoms with van der Waals surface area (Å²) in [4.78, 5) is 11.4. The monoisotopic (exact) mass is 174 g/mol. The predicted molar refractivity (Wildman–Crippen MR) is 46.8 cm³/mol. The van der Waals surface area contributed by atoms with Gasteiger partial charge < -0.3 is 0 Å². The molecular weight excluding hydrogens is 160 g/mol. The van der Waals surface area contributed by atoms with Crippen molar-refractivity contribution in [2.45, 2.75) is 32.6 Å². The Bertz CT molecular complexity index is 140. The highest BCUT2D eigenvalue weighted by molar-refractivity contribution is 6.19. The first-order valence-electron chi connectivity index (χ1n) is 4.39. The predicted octanol–water partition coefficient (Wildman–Crippen LogP) is 2.62. The van der Waals surface area contributed by atoms with Crippen molar-refractivity contribution in [3.8, 4) is 0 Å². The van der Waals surface area contributed by atoms with Crippen molar-refractivity contribution in [2.24, 2.45) is 11.8 Å². The van der Waals surface area contributed by atoms with Crippen LogP contribution in [0.4, 0.5) is 0 Å². The highest BCUT2D eigenvalue weighted by Crippen LogP contribution is 2.33. The number of Topliss-reactive ketones (excluding diaryl/α,β-unsaturated/α-hetero) is 1. The Morgan fingerprint density at radius 1 is 1.64 bits per heavy atom. The third-order valence-corrected chi connectivity index (χ3v) is 2.58. The summed E-state index contributed by atoms with van der Waals surface area (Å²) in [7, 11) is 0. The molecule has 0 aliphatic heterocycles. The maximum absolute atomic E-state index is 11.4. The van der Waals surface area contributed by atoms with Crippen LogP contribution in [0.5, 0.6) is 0 Å². The number of hydrogen-bond acceptors (Lipinski definition) is 1. The van der Waals surface area contributed by atoms with Crippen molar-refractivity contribution >= 4 is 17.4 Å². The zero-order chi connectivity index (χ0) is 8.27. The minimum Gasteiger partial charge on any atom is -0.299 e. The second-order valence-corrected chi connectivity index (χ2v) is 3.63. The van der Waals surface area contributed by atoms with Crippen LogP contribution < -0.4 is 0 Å². The number of halogens is 1. The number of alkyl halides is 1. The van der Waals surface area contributed by atoms with Gasteiger partial charge in [0.25, 0.3) is 0 Å². The first-order chi connectivity index (χ1) is 5.29. The van der Waals surface area contributed by atoms with Crippen molar-refractivity contribution < 1.29 is 4.79 Å². The molecule has 0 aromatic carbocycles. The average molecular weight is 175 g/mol. The van der Waals surface area contributed by atoms with E-state index >= 15 is 0 Å². The molecule has 0 amide bonds. The Balaban J connectivity index is 2.32. The maximum Gasteiger partial charge on any atom is 0.140 e. The van der Waals surface area contributed by atoms with E-state index in [0.717, 1.165) is 25.7 Å². The van der Waals surface area contributed by atoms with Gasteiger partial charge in [-0.3, -0.25) is 4.79 Å². The third kappa shape index (κ3) is 2.48. The van der Waals surface area contributed by atoms with Crippen molar-refractivity contribution in [3.05, 3.63) is 0 Å². The molecule has 1 fully saturated rings. The van der Waals surface area contributed by atoms with Crippen LogP contribution in [-0.4, -0.2) is 11.7 Å². The minimum atomic E-state index is 0.147. The fourth-order valence-corrected chi connectivity index (χ4v) is 1.65. The number of carbonyl (C=O) groups excluding carboxylic acids is 1. The fraction of sp³-hybridized carbons (Fsp3) is 0.889. The molecule has 2 heteroatoms. The molecule has 0 N–H and O–H groups in total. The van der Waals surface area contributed by atoms with Crippen molar-refractivity contribution in [1.29, 1.82) is 0 Å². The topological polar surface area (TPSA) is 17.1 Å². The van der Waals surface area contributed by atoms with Gasteiger partial charge in [0.05, 0.1) is 0 Å². The van der Waals surface area contributed by atoms with Crippen LogP contribution in [0.2, 0.25) is 0 Å². The van der Waals surface area contributed by atoms with E-state index in [0.29, 0.717) is 17.6 Å². The van der Waals surface area contributed by atoms with Crippen LogP contribution in [0.15, 0.2) is 0 Å². The second-order valence-electron chi connectivity index (χ2n) is 3.32. The van der Waals surface area contributed by atoms with E-state index < -0.39 is 0 Å². The summed E-state index contributed by atoms with van der Waals surface area (Å²) < 4.78 is 0. The zero-order valence-electron chi connectivity index (χ0n) is 6.98. The largest absolute Gasteiger partial charge is 0.299 e. The molecule has 1 nitrogen and oxygen atoms in total. The second kappa shape index (κ2) is 4.10. The van der Waals surface area contributed by atoms with E-state index in [1.807, 2.05) is 0 Å². The normalized spacial score (nSPS) is 19.8. The molecule has 0 aromatic rings. The smallest absolute Gasteiger partial charge is 0.140 e. The molecule has 0 spiro atoms. The lowest BCUT2D eigenvalue weighted by Gasteiger charge is -2.09. The minimum absolute atomic E-state index is 0.147. The van der Waals surface area contributed by atoms with Crippen molar-refractivity contribution in [2.75, 3.05) is 5.88 Å². The number of rotatable bonds is 5. The van der Waals surface area contributed by atoms with Crippen LogP contribution in [0.25, 0.3) is 0 Å². The molecule has 1 aliphatic rings. The van der Waals surface area contributed by atoms with Gasteiger partial charge >= 0.3 is 0 Å². The molecule has 1 unspecified atom stereocenters. The van der Waals surface area contributed by atoms with Gasteiger partial charge in [-0.1, -0.05) is 13.3 Å². The molecule has 1 aliphatic carbocycles. The van der Waals surface area contributed by atoms with Crippen LogP contribution in [0.3, 0.4) is 0 Å². The Morgan fingerprint density at radius 2 is 2.27 bits per heavy atom. The zero-order valence-corrected chi connectivity index (χ0v) is 7.73. The SMILES string of the molecule is CCCC(CCl)C(=O)C1CC1. The summed E-state index contributed by atoms with van der Waals surface area (Å²) in [6.07, 6.45) is 4.25. The summed E-state index contributed by atoms with van der Waals surface area (Å²) in [5.41, 5.74) is 0. The number of hydrogen-bond donors (Lipinski definition) is 0. The van der Waals surface area contributed by atoms with Gasteiger partial charge in [-0.25, -0.2) is 0 Å². The van der Waals surface area contributed by atoms with E-state index in [2.05, 4.69) is 6.92 Å². The van der Waals surface area contributed by atoms with Crippen LogP contribution >= 0.6 is 11.6 Å². The molecule has 0 saturated heterocycles. The Kier molecular flexibility index (Phi) is 3.38. The molecule has 1 atom stereocenters. The lowest BCUT2D eigenvalue weighted by Crippen LogP contribution is -2.17.